The Morgan fingerprint density at radius 2 is 1.85 bits per heavy atom. The van der Waals surface area contributed by atoms with E-state index in [-0.39, 0.29) is 5.69 Å². The minimum Gasteiger partial charge on any atom is -0.368 e. The molecule has 0 radical (unpaired) electrons. The number of nitrogens with zero attached hydrogens (tertiary/aromatic N) is 3. The molecule has 0 aromatic heterocycles. The third-order valence-electron chi connectivity index (χ3n) is 3.19. The fourth-order valence-corrected chi connectivity index (χ4v) is 3.25. The topological polar surface area (TPSA) is 83.8 Å². The van der Waals surface area contributed by atoms with Crippen molar-refractivity contribution in [1.82, 2.24) is 4.31 Å². The normalized spacial score (nSPS) is 17.2. The van der Waals surface area contributed by atoms with Gasteiger partial charge in [-0.15, -0.1) is 0 Å². The molecule has 0 N–H and O–H groups in total. The number of benzene rings is 1. The van der Waals surface area contributed by atoms with E-state index in [4.69, 9.17) is 11.6 Å². The van der Waals surface area contributed by atoms with Crippen LogP contribution in [0.3, 0.4) is 0 Å². The van der Waals surface area contributed by atoms with Gasteiger partial charge < -0.3 is 4.90 Å². The van der Waals surface area contributed by atoms with Gasteiger partial charge in [0.1, 0.15) is 0 Å². The van der Waals surface area contributed by atoms with Crippen LogP contribution in [0, 0.1) is 10.1 Å². The number of hydrogen-bond donors (Lipinski definition) is 0. The number of anilines is 1. The van der Waals surface area contributed by atoms with E-state index in [9.17, 15) is 18.5 Å². The van der Waals surface area contributed by atoms with Crippen molar-refractivity contribution in [3.8, 4) is 0 Å². The quantitative estimate of drug-likeness (QED) is 0.620. The van der Waals surface area contributed by atoms with Gasteiger partial charge in [-0.05, 0) is 6.07 Å². The zero-order chi connectivity index (χ0) is 14.9. The van der Waals surface area contributed by atoms with E-state index in [2.05, 4.69) is 0 Å². The van der Waals surface area contributed by atoms with Crippen molar-refractivity contribution in [2.24, 2.45) is 0 Å². The smallest absolute Gasteiger partial charge is 0.271 e. The number of rotatable bonds is 3. The van der Waals surface area contributed by atoms with E-state index in [0.717, 1.165) is 0 Å². The Morgan fingerprint density at radius 1 is 1.25 bits per heavy atom. The molecule has 0 amide bonds. The van der Waals surface area contributed by atoms with Crippen LogP contribution < -0.4 is 4.90 Å². The maximum atomic E-state index is 11.4. The fraction of sp³-hybridized carbons (Fsp3) is 0.455. The molecule has 7 nitrogen and oxygen atoms in total. The lowest BCUT2D eigenvalue weighted by molar-refractivity contribution is -0.384. The lowest BCUT2D eigenvalue weighted by Crippen LogP contribution is -2.48. The summed E-state index contributed by atoms with van der Waals surface area (Å²) in [4.78, 5) is 12.1. The first-order valence-corrected chi connectivity index (χ1v) is 8.15. The fourth-order valence-electron chi connectivity index (χ4n) is 2.13. The summed E-state index contributed by atoms with van der Waals surface area (Å²) in [5.74, 6) is 0. The molecule has 110 valence electrons. The molecule has 9 heteroatoms. The molecule has 0 atom stereocenters. The van der Waals surface area contributed by atoms with Gasteiger partial charge in [0.2, 0.25) is 10.0 Å². The molecule has 1 aliphatic heterocycles. The van der Waals surface area contributed by atoms with E-state index in [1.54, 1.807) is 6.07 Å². The standard InChI is InChI=1S/C11H14ClN3O4S/c1-20(18,19)14-6-4-13(5-7-14)11-3-2-9(15(16)17)8-10(11)12/h2-3,8H,4-7H2,1H3. The molecule has 0 saturated carbocycles. The first kappa shape index (κ1) is 15.0. The van der Waals surface area contributed by atoms with Gasteiger partial charge in [0.05, 0.1) is 21.9 Å². The van der Waals surface area contributed by atoms with Crippen molar-refractivity contribution in [1.29, 1.82) is 0 Å². The van der Waals surface area contributed by atoms with Crippen LogP contribution in [0.2, 0.25) is 5.02 Å². The minimum absolute atomic E-state index is 0.0616. The molecular weight excluding hydrogens is 306 g/mol. The molecule has 1 heterocycles. The van der Waals surface area contributed by atoms with Crippen LogP contribution in [0.1, 0.15) is 0 Å². The molecule has 1 saturated heterocycles. The number of hydrogen-bond acceptors (Lipinski definition) is 5. The zero-order valence-corrected chi connectivity index (χ0v) is 12.4. The molecule has 20 heavy (non-hydrogen) atoms. The van der Waals surface area contributed by atoms with Crippen LogP contribution in [0.25, 0.3) is 0 Å². The number of nitro benzene ring substituents is 1. The average molecular weight is 320 g/mol. The lowest BCUT2D eigenvalue weighted by Gasteiger charge is -2.35. The first-order valence-electron chi connectivity index (χ1n) is 5.93. The maximum absolute atomic E-state index is 11.4. The van der Waals surface area contributed by atoms with Gasteiger partial charge >= 0.3 is 0 Å². The second-order valence-electron chi connectivity index (χ2n) is 4.54. The van der Waals surface area contributed by atoms with Crippen molar-refractivity contribution >= 4 is 33.0 Å². The first-order chi connectivity index (χ1) is 9.29. The van der Waals surface area contributed by atoms with Crippen molar-refractivity contribution < 1.29 is 13.3 Å². The van der Waals surface area contributed by atoms with Gasteiger partial charge in [0.25, 0.3) is 5.69 Å². The van der Waals surface area contributed by atoms with Crippen LogP contribution in [-0.2, 0) is 10.0 Å². The Morgan fingerprint density at radius 3 is 2.30 bits per heavy atom. The second-order valence-corrected chi connectivity index (χ2v) is 6.93. The van der Waals surface area contributed by atoms with E-state index in [1.165, 1.54) is 22.7 Å². The number of nitro groups is 1. The molecular formula is C11H14ClN3O4S. The molecule has 1 aromatic rings. The largest absolute Gasteiger partial charge is 0.368 e. The van der Waals surface area contributed by atoms with Gasteiger partial charge in [0.15, 0.2) is 0 Å². The van der Waals surface area contributed by atoms with Crippen LogP contribution in [-0.4, -0.2) is 50.1 Å². The predicted molar refractivity (Wildman–Crippen MR) is 76.7 cm³/mol. The molecule has 1 fully saturated rings. The maximum Gasteiger partial charge on any atom is 0.271 e. The van der Waals surface area contributed by atoms with Gasteiger partial charge in [-0.3, -0.25) is 10.1 Å². The molecule has 1 aliphatic rings. The van der Waals surface area contributed by atoms with Crippen molar-refractivity contribution in [3.05, 3.63) is 33.3 Å². The number of sulfonamides is 1. The highest BCUT2D eigenvalue weighted by atomic mass is 35.5. The number of non-ortho nitro benzene ring substituents is 1. The summed E-state index contributed by atoms with van der Waals surface area (Å²) in [6.45, 7) is 1.77. The Kier molecular flexibility index (Phi) is 4.17. The molecule has 0 bridgehead atoms. The number of halogens is 1. The highest BCUT2D eigenvalue weighted by Gasteiger charge is 2.24. The van der Waals surface area contributed by atoms with Gasteiger partial charge in [-0.1, -0.05) is 11.6 Å². The van der Waals surface area contributed by atoms with Gasteiger partial charge in [-0.2, -0.15) is 4.31 Å². The minimum atomic E-state index is -3.18. The predicted octanol–water partition coefficient (Wildman–Crippen LogP) is 1.33. The van der Waals surface area contributed by atoms with Crippen LogP contribution >= 0.6 is 11.6 Å². The molecule has 2 rings (SSSR count). The summed E-state index contributed by atoms with van der Waals surface area (Å²) in [7, 11) is -3.18. The average Bonchev–Trinajstić information content (AvgIpc) is 2.37. The molecule has 0 aliphatic carbocycles. The Hall–Kier alpha value is -1.38. The van der Waals surface area contributed by atoms with Crippen molar-refractivity contribution in [2.45, 2.75) is 0 Å². The third kappa shape index (κ3) is 3.20. The molecule has 1 aromatic carbocycles. The van der Waals surface area contributed by atoms with Crippen LogP contribution in [0.15, 0.2) is 18.2 Å². The van der Waals surface area contributed by atoms with E-state index in [0.29, 0.717) is 36.9 Å². The van der Waals surface area contributed by atoms with Crippen molar-refractivity contribution in [3.63, 3.8) is 0 Å². The highest BCUT2D eigenvalue weighted by molar-refractivity contribution is 7.88. The second kappa shape index (κ2) is 5.55. The lowest BCUT2D eigenvalue weighted by atomic mass is 10.2. The van der Waals surface area contributed by atoms with E-state index >= 15 is 0 Å². The Bertz CT molecular complexity index is 627. The third-order valence-corrected chi connectivity index (χ3v) is 4.80. The summed E-state index contributed by atoms with van der Waals surface area (Å²) in [6.07, 6.45) is 1.18. The number of piperazine rings is 1. The monoisotopic (exact) mass is 319 g/mol. The van der Waals surface area contributed by atoms with E-state index in [1.807, 2.05) is 4.90 Å². The Labute approximate surface area is 121 Å². The van der Waals surface area contributed by atoms with Gasteiger partial charge in [0, 0.05) is 38.3 Å². The summed E-state index contributed by atoms with van der Waals surface area (Å²) in [5.41, 5.74) is 0.624. The zero-order valence-electron chi connectivity index (χ0n) is 10.8. The van der Waals surface area contributed by atoms with Crippen LogP contribution in [0.5, 0.6) is 0 Å². The van der Waals surface area contributed by atoms with Crippen molar-refractivity contribution in [2.75, 3.05) is 37.3 Å². The highest BCUT2D eigenvalue weighted by Crippen LogP contribution is 2.30. The molecule has 0 unspecified atom stereocenters. The van der Waals surface area contributed by atoms with Crippen LogP contribution in [0.4, 0.5) is 11.4 Å². The summed E-state index contributed by atoms with van der Waals surface area (Å²) in [5, 5.41) is 11.0. The Balaban J connectivity index is 2.13. The summed E-state index contributed by atoms with van der Waals surface area (Å²) in [6, 6.07) is 4.29. The summed E-state index contributed by atoms with van der Waals surface area (Å²) < 4.78 is 24.3. The molecule has 0 spiro atoms. The SMILES string of the molecule is CS(=O)(=O)N1CCN(c2ccc([N+](=O)[O-])cc2Cl)CC1. The van der Waals surface area contributed by atoms with Gasteiger partial charge in [-0.25, -0.2) is 8.42 Å². The van der Waals surface area contributed by atoms with E-state index < -0.39 is 14.9 Å². The summed E-state index contributed by atoms with van der Waals surface area (Å²) >= 11 is 6.06.